The number of carbonyl (C=O) groups is 2. The molecule has 0 saturated heterocycles. The molecule has 44 heavy (non-hydrogen) atoms. The Balaban J connectivity index is 1.44. The van der Waals surface area contributed by atoms with Crippen LogP contribution in [0.2, 0.25) is 5.02 Å². The predicted molar refractivity (Wildman–Crippen MR) is 175 cm³/mol. The Morgan fingerprint density at radius 3 is 2.43 bits per heavy atom. The highest BCUT2D eigenvalue weighted by molar-refractivity contribution is 7.98. The average Bonchev–Trinajstić information content (AvgIpc) is 3.43. The summed E-state index contributed by atoms with van der Waals surface area (Å²) in [5, 5.41) is 12.4. The van der Waals surface area contributed by atoms with Crippen LogP contribution >= 0.6 is 23.4 Å². The van der Waals surface area contributed by atoms with Crippen LogP contribution < -0.4 is 15.4 Å². The van der Waals surface area contributed by atoms with Gasteiger partial charge in [0.1, 0.15) is 11.8 Å². The van der Waals surface area contributed by atoms with E-state index in [1.165, 1.54) is 11.8 Å². The lowest BCUT2D eigenvalue weighted by atomic mass is 9.95. The number of anilines is 2. The summed E-state index contributed by atoms with van der Waals surface area (Å²) >= 11 is 7.84. The summed E-state index contributed by atoms with van der Waals surface area (Å²) in [6.45, 7) is 8.92. The minimum atomic E-state index is -0.566. The van der Waals surface area contributed by atoms with E-state index in [-0.39, 0.29) is 18.4 Å². The van der Waals surface area contributed by atoms with Crippen LogP contribution in [0, 0.1) is 6.92 Å². The van der Waals surface area contributed by atoms with Crippen molar-refractivity contribution in [2.45, 2.75) is 44.6 Å². The van der Waals surface area contributed by atoms with Gasteiger partial charge in [-0.15, -0.1) is 5.10 Å². The number of halogens is 1. The predicted octanol–water partition coefficient (Wildman–Crippen LogP) is 6.71. The van der Waals surface area contributed by atoms with E-state index >= 15 is 0 Å². The summed E-state index contributed by atoms with van der Waals surface area (Å²) in [5.74, 6) is 1.38. The standard InChI is InChI=1S/C33H35ClN6O3S/c1-5-39(6-2)28(41)19-43-25-17-15-23(16-18-25)30-29(31(42)36-27-14-10-7-11-21(27)3)22(4)35-32-37-33(38-40(30)32)44-20-24-12-8-9-13-26(24)34/h7-18,30H,5-6,19-20H2,1-4H3,(H,36,42)(H,35,37,38). The zero-order chi connectivity index (χ0) is 31.2. The van der Waals surface area contributed by atoms with Crippen molar-refractivity contribution in [2.24, 2.45) is 0 Å². The first-order valence-corrected chi connectivity index (χ1v) is 15.8. The number of carbonyl (C=O) groups excluding carboxylic acids is 2. The van der Waals surface area contributed by atoms with Crippen LogP contribution in [0.25, 0.3) is 0 Å². The largest absolute Gasteiger partial charge is 0.484 e. The van der Waals surface area contributed by atoms with E-state index in [4.69, 9.17) is 26.4 Å². The first kappa shape index (κ1) is 31.2. The number of allylic oxidation sites excluding steroid dienone is 1. The number of aromatic nitrogens is 3. The molecule has 228 valence electrons. The molecule has 0 fully saturated rings. The number of thioether (sulfide) groups is 1. The highest BCUT2D eigenvalue weighted by Gasteiger charge is 2.34. The topological polar surface area (TPSA) is 101 Å². The number of aryl methyl sites for hydroxylation is 1. The molecule has 3 aromatic carbocycles. The van der Waals surface area contributed by atoms with Crippen molar-refractivity contribution < 1.29 is 14.3 Å². The molecule has 1 aliphatic heterocycles. The van der Waals surface area contributed by atoms with Crippen molar-refractivity contribution in [1.29, 1.82) is 0 Å². The fourth-order valence-electron chi connectivity index (χ4n) is 5.01. The van der Waals surface area contributed by atoms with Gasteiger partial charge in [-0.3, -0.25) is 9.59 Å². The average molecular weight is 631 g/mol. The van der Waals surface area contributed by atoms with Crippen LogP contribution in [0.15, 0.2) is 89.2 Å². The molecular formula is C33H35ClN6O3S. The third-order valence-corrected chi connectivity index (χ3v) is 8.72. The number of nitrogens with zero attached hydrogens (tertiary/aromatic N) is 4. The third kappa shape index (κ3) is 6.92. The van der Waals surface area contributed by atoms with E-state index in [0.717, 1.165) is 22.4 Å². The fourth-order valence-corrected chi connectivity index (χ4v) is 6.13. The normalized spacial score (nSPS) is 14.1. The van der Waals surface area contributed by atoms with Gasteiger partial charge >= 0.3 is 0 Å². The summed E-state index contributed by atoms with van der Waals surface area (Å²) in [6, 6.07) is 22.2. The molecule has 1 atom stereocenters. The molecule has 1 unspecified atom stereocenters. The summed E-state index contributed by atoms with van der Waals surface area (Å²) in [5.41, 5.74) is 4.68. The number of rotatable bonds is 11. The second-order valence-corrected chi connectivity index (χ2v) is 11.7. The number of nitrogens with one attached hydrogen (secondary N) is 2. The molecule has 2 N–H and O–H groups in total. The number of likely N-dealkylation sites (N-methyl/N-ethyl adjacent to an activating group) is 1. The third-order valence-electron chi connectivity index (χ3n) is 7.46. The van der Waals surface area contributed by atoms with Crippen molar-refractivity contribution in [3.8, 4) is 5.75 Å². The second-order valence-electron chi connectivity index (χ2n) is 10.3. The molecule has 0 bridgehead atoms. The number of para-hydroxylation sites is 1. The van der Waals surface area contributed by atoms with Gasteiger partial charge in [0, 0.05) is 35.2 Å². The number of ether oxygens (including phenoxy) is 1. The van der Waals surface area contributed by atoms with Gasteiger partial charge in [0.25, 0.3) is 11.8 Å². The van der Waals surface area contributed by atoms with Gasteiger partial charge in [-0.2, -0.15) is 4.98 Å². The second kappa shape index (κ2) is 14.0. The van der Waals surface area contributed by atoms with Crippen LogP contribution in [0.1, 0.15) is 43.5 Å². The Labute approximate surface area is 266 Å². The smallest absolute Gasteiger partial charge is 0.260 e. The summed E-state index contributed by atoms with van der Waals surface area (Å²) < 4.78 is 7.54. The van der Waals surface area contributed by atoms with Crippen LogP contribution in [-0.4, -0.2) is 51.2 Å². The summed E-state index contributed by atoms with van der Waals surface area (Å²) in [4.78, 5) is 32.8. The molecule has 2 amide bonds. The van der Waals surface area contributed by atoms with Crippen molar-refractivity contribution in [2.75, 3.05) is 30.3 Å². The summed E-state index contributed by atoms with van der Waals surface area (Å²) in [6.07, 6.45) is 0. The van der Waals surface area contributed by atoms with Gasteiger partial charge in [-0.25, -0.2) is 4.68 Å². The van der Waals surface area contributed by atoms with Gasteiger partial charge in [0.15, 0.2) is 6.61 Å². The molecule has 2 heterocycles. The van der Waals surface area contributed by atoms with E-state index < -0.39 is 6.04 Å². The van der Waals surface area contributed by atoms with Gasteiger partial charge in [0.05, 0.1) is 5.57 Å². The molecule has 0 aliphatic carbocycles. The Kier molecular flexibility index (Phi) is 9.92. The fraction of sp³-hybridized carbons (Fsp3) is 0.273. The molecule has 1 aromatic heterocycles. The number of benzene rings is 3. The molecule has 11 heteroatoms. The van der Waals surface area contributed by atoms with Gasteiger partial charge in [-0.05, 0) is 68.7 Å². The maximum absolute atomic E-state index is 13.9. The van der Waals surface area contributed by atoms with Crippen molar-refractivity contribution in [1.82, 2.24) is 19.7 Å². The number of fused-ring (bicyclic) bond motifs is 1. The Hall–Kier alpha value is -4.28. The van der Waals surface area contributed by atoms with Gasteiger partial charge < -0.3 is 20.3 Å². The van der Waals surface area contributed by atoms with Crippen molar-refractivity contribution >= 4 is 46.8 Å². The van der Waals surface area contributed by atoms with Gasteiger partial charge in [0.2, 0.25) is 11.1 Å². The van der Waals surface area contributed by atoms with E-state index in [1.807, 2.05) is 100 Å². The first-order valence-electron chi connectivity index (χ1n) is 14.5. The highest BCUT2D eigenvalue weighted by atomic mass is 35.5. The SMILES string of the molecule is CCN(CC)C(=O)COc1ccc(C2C(C(=O)Nc3ccccc3C)=C(C)Nc3nc(SCc4ccccc4Cl)nn32)cc1. The van der Waals surface area contributed by atoms with Crippen molar-refractivity contribution in [3.63, 3.8) is 0 Å². The van der Waals surface area contributed by atoms with E-state index in [1.54, 1.807) is 9.58 Å². The van der Waals surface area contributed by atoms with Crippen LogP contribution in [0.3, 0.4) is 0 Å². The molecule has 0 spiro atoms. The van der Waals surface area contributed by atoms with Crippen molar-refractivity contribution in [3.05, 3.63) is 106 Å². The zero-order valence-corrected chi connectivity index (χ0v) is 26.7. The van der Waals surface area contributed by atoms with Crippen LogP contribution in [0.4, 0.5) is 11.6 Å². The minimum Gasteiger partial charge on any atom is -0.484 e. The number of amides is 2. The maximum atomic E-state index is 13.9. The van der Waals surface area contributed by atoms with Crippen LogP contribution in [-0.2, 0) is 15.3 Å². The lowest BCUT2D eigenvalue weighted by molar-refractivity contribution is -0.133. The highest BCUT2D eigenvalue weighted by Crippen LogP contribution is 2.38. The Morgan fingerprint density at radius 1 is 1.02 bits per heavy atom. The lowest BCUT2D eigenvalue weighted by Crippen LogP contribution is -2.34. The van der Waals surface area contributed by atoms with E-state index in [9.17, 15) is 9.59 Å². The zero-order valence-electron chi connectivity index (χ0n) is 25.1. The number of hydrogen-bond acceptors (Lipinski definition) is 7. The monoisotopic (exact) mass is 630 g/mol. The molecular weight excluding hydrogens is 596 g/mol. The molecule has 0 radical (unpaired) electrons. The first-order chi connectivity index (χ1) is 21.3. The molecule has 4 aromatic rings. The Bertz CT molecular complexity index is 1680. The molecule has 1 aliphatic rings. The quantitative estimate of drug-likeness (QED) is 0.178. The lowest BCUT2D eigenvalue weighted by Gasteiger charge is -2.29. The molecule has 5 rings (SSSR count). The molecule has 9 nitrogen and oxygen atoms in total. The van der Waals surface area contributed by atoms with E-state index in [2.05, 4.69) is 10.6 Å². The summed E-state index contributed by atoms with van der Waals surface area (Å²) in [7, 11) is 0. The van der Waals surface area contributed by atoms with Gasteiger partial charge in [-0.1, -0.05) is 71.9 Å². The number of hydrogen-bond donors (Lipinski definition) is 2. The Morgan fingerprint density at radius 2 is 1.73 bits per heavy atom. The van der Waals surface area contributed by atoms with Crippen LogP contribution in [0.5, 0.6) is 5.75 Å². The van der Waals surface area contributed by atoms with E-state index in [0.29, 0.717) is 52.0 Å². The minimum absolute atomic E-state index is 0.0449. The maximum Gasteiger partial charge on any atom is 0.260 e. The molecule has 0 saturated carbocycles.